The van der Waals surface area contributed by atoms with Gasteiger partial charge >= 0.3 is 0 Å². The molecule has 1 amide bonds. The molecule has 2 saturated heterocycles. The lowest BCUT2D eigenvalue weighted by atomic mass is 9.67. The van der Waals surface area contributed by atoms with Crippen molar-refractivity contribution >= 4 is 17.7 Å². The Kier molecular flexibility index (Phi) is 4.37. The van der Waals surface area contributed by atoms with Crippen LogP contribution in [0.2, 0.25) is 0 Å². The molecule has 2 aliphatic heterocycles. The second-order valence-electron chi connectivity index (χ2n) is 6.50. The molecule has 2 N–H and O–H groups in total. The van der Waals surface area contributed by atoms with Crippen molar-refractivity contribution in [2.24, 2.45) is 17.3 Å². The van der Waals surface area contributed by atoms with E-state index in [1.165, 1.54) is 43.6 Å². The first-order valence-electron chi connectivity index (χ1n) is 7.88. The third-order valence-electron chi connectivity index (χ3n) is 5.38. The van der Waals surface area contributed by atoms with Crippen molar-refractivity contribution in [3.05, 3.63) is 0 Å². The van der Waals surface area contributed by atoms with Gasteiger partial charge < -0.3 is 10.6 Å². The van der Waals surface area contributed by atoms with Gasteiger partial charge in [-0.05, 0) is 55.6 Å². The smallest absolute Gasteiger partial charge is 0.227 e. The fourth-order valence-corrected chi connectivity index (χ4v) is 5.26. The van der Waals surface area contributed by atoms with Crippen molar-refractivity contribution in [3.8, 4) is 0 Å². The van der Waals surface area contributed by atoms with Gasteiger partial charge in [-0.3, -0.25) is 4.79 Å². The van der Waals surface area contributed by atoms with Crippen LogP contribution in [0.1, 0.15) is 38.5 Å². The molecule has 3 fully saturated rings. The van der Waals surface area contributed by atoms with E-state index in [0.717, 1.165) is 32.0 Å². The third kappa shape index (κ3) is 2.80. The van der Waals surface area contributed by atoms with Crippen molar-refractivity contribution in [1.82, 2.24) is 10.6 Å². The monoisotopic (exact) mass is 282 g/mol. The zero-order valence-corrected chi connectivity index (χ0v) is 12.6. The predicted molar refractivity (Wildman–Crippen MR) is 80.3 cm³/mol. The molecule has 3 aliphatic rings. The quantitative estimate of drug-likeness (QED) is 0.832. The Morgan fingerprint density at radius 3 is 2.95 bits per heavy atom. The Labute approximate surface area is 120 Å². The highest BCUT2D eigenvalue weighted by molar-refractivity contribution is 7.99. The minimum Gasteiger partial charge on any atom is -0.355 e. The number of carbonyl (C=O) groups is 1. The van der Waals surface area contributed by atoms with Gasteiger partial charge in [0.05, 0.1) is 5.41 Å². The SMILES string of the molecule is O=C(NCC1CCSCC1)[C@@]12CCCC[C@H]1CNC2. The number of amides is 1. The van der Waals surface area contributed by atoms with Crippen molar-refractivity contribution < 1.29 is 4.79 Å². The van der Waals surface area contributed by atoms with Gasteiger partial charge in [0.25, 0.3) is 0 Å². The molecule has 0 aromatic carbocycles. The van der Waals surface area contributed by atoms with Crippen LogP contribution in [0.4, 0.5) is 0 Å². The molecule has 0 aromatic rings. The van der Waals surface area contributed by atoms with Gasteiger partial charge in [0.1, 0.15) is 0 Å². The first kappa shape index (κ1) is 13.7. The predicted octanol–water partition coefficient (Wildman–Crippen LogP) is 2.03. The lowest BCUT2D eigenvalue weighted by Crippen LogP contribution is -2.49. The summed E-state index contributed by atoms with van der Waals surface area (Å²) in [6.07, 6.45) is 7.42. The normalized spacial score (nSPS) is 35.9. The molecule has 4 heteroatoms. The number of hydrogen-bond donors (Lipinski definition) is 2. The van der Waals surface area contributed by atoms with Crippen LogP contribution >= 0.6 is 11.8 Å². The molecule has 0 aromatic heterocycles. The molecular weight excluding hydrogens is 256 g/mol. The maximum absolute atomic E-state index is 12.7. The van der Waals surface area contributed by atoms with Gasteiger partial charge in [0, 0.05) is 13.1 Å². The molecular formula is C15H26N2OS. The first-order chi connectivity index (χ1) is 9.31. The summed E-state index contributed by atoms with van der Waals surface area (Å²) in [5.41, 5.74) is -0.0678. The molecule has 3 nitrogen and oxygen atoms in total. The highest BCUT2D eigenvalue weighted by Crippen LogP contribution is 2.43. The van der Waals surface area contributed by atoms with E-state index in [-0.39, 0.29) is 5.41 Å². The Bertz CT molecular complexity index is 330. The van der Waals surface area contributed by atoms with Crippen molar-refractivity contribution in [2.75, 3.05) is 31.1 Å². The number of thioether (sulfide) groups is 1. The fourth-order valence-electron chi connectivity index (χ4n) is 4.05. The maximum atomic E-state index is 12.7. The minimum absolute atomic E-state index is 0.0678. The molecule has 2 heterocycles. The Hall–Kier alpha value is -0.220. The molecule has 0 spiro atoms. The molecule has 3 rings (SSSR count). The number of hydrogen-bond acceptors (Lipinski definition) is 3. The van der Waals surface area contributed by atoms with Crippen LogP contribution in [0.3, 0.4) is 0 Å². The maximum Gasteiger partial charge on any atom is 0.227 e. The van der Waals surface area contributed by atoms with E-state index < -0.39 is 0 Å². The summed E-state index contributed by atoms with van der Waals surface area (Å²) in [6, 6.07) is 0. The fraction of sp³-hybridized carbons (Fsp3) is 0.933. The lowest BCUT2D eigenvalue weighted by molar-refractivity contribution is -0.134. The Balaban J connectivity index is 1.56. The van der Waals surface area contributed by atoms with E-state index in [1.54, 1.807) is 0 Å². The molecule has 0 radical (unpaired) electrons. The molecule has 2 atom stereocenters. The molecule has 0 unspecified atom stereocenters. The summed E-state index contributed by atoms with van der Waals surface area (Å²) in [7, 11) is 0. The van der Waals surface area contributed by atoms with Gasteiger partial charge in [-0.2, -0.15) is 11.8 Å². The average molecular weight is 282 g/mol. The summed E-state index contributed by atoms with van der Waals surface area (Å²) in [6.45, 7) is 2.87. The van der Waals surface area contributed by atoms with E-state index in [2.05, 4.69) is 22.4 Å². The standard InChI is InChI=1S/C15H26N2OS/c18-14(17-9-12-4-7-19-8-5-12)15-6-2-1-3-13(15)10-16-11-15/h12-13,16H,1-11H2,(H,17,18)/t13-,15+/m0/s1. The zero-order chi connectivity index (χ0) is 13.1. The van der Waals surface area contributed by atoms with Crippen LogP contribution in [0.25, 0.3) is 0 Å². The zero-order valence-electron chi connectivity index (χ0n) is 11.7. The topological polar surface area (TPSA) is 41.1 Å². The summed E-state index contributed by atoms with van der Waals surface area (Å²) in [5.74, 6) is 4.20. The van der Waals surface area contributed by atoms with Crippen LogP contribution < -0.4 is 10.6 Å². The summed E-state index contributed by atoms with van der Waals surface area (Å²) < 4.78 is 0. The van der Waals surface area contributed by atoms with E-state index in [9.17, 15) is 4.79 Å². The largest absolute Gasteiger partial charge is 0.355 e. The highest BCUT2D eigenvalue weighted by Gasteiger charge is 2.49. The average Bonchev–Trinajstić information content (AvgIpc) is 2.91. The molecule has 1 saturated carbocycles. The van der Waals surface area contributed by atoms with Gasteiger partial charge in [0.2, 0.25) is 5.91 Å². The summed E-state index contributed by atoms with van der Waals surface area (Å²) >= 11 is 2.05. The Morgan fingerprint density at radius 2 is 2.11 bits per heavy atom. The minimum atomic E-state index is -0.0678. The molecule has 0 bridgehead atoms. The molecule has 108 valence electrons. The molecule has 19 heavy (non-hydrogen) atoms. The first-order valence-corrected chi connectivity index (χ1v) is 9.03. The third-order valence-corrected chi connectivity index (χ3v) is 6.43. The number of rotatable bonds is 3. The van der Waals surface area contributed by atoms with Gasteiger partial charge in [-0.15, -0.1) is 0 Å². The summed E-state index contributed by atoms with van der Waals surface area (Å²) in [4.78, 5) is 12.7. The van der Waals surface area contributed by atoms with Gasteiger partial charge in [-0.1, -0.05) is 12.8 Å². The van der Waals surface area contributed by atoms with E-state index in [0.29, 0.717) is 11.8 Å². The number of nitrogens with one attached hydrogen (secondary N) is 2. The van der Waals surface area contributed by atoms with E-state index in [4.69, 9.17) is 0 Å². The lowest BCUT2D eigenvalue weighted by Gasteiger charge is -2.37. The van der Waals surface area contributed by atoms with Crippen molar-refractivity contribution in [2.45, 2.75) is 38.5 Å². The van der Waals surface area contributed by atoms with E-state index >= 15 is 0 Å². The van der Waals surface area contributed by atoms with Crippen LogP contribution in [0, 0.1) is 17.3 Å². The number of carbonyl (C=O) groups excluding carboxylic acids is 1. The Morgan fingerprint density at radius 1 is 1.26 bits per heavy atom. The van der Waals surface area contributed by atoms with Crippen molar-refractivity contribution in [1.29, 1.82) is 0 Å². The van der Waals surface area contributed by atoms with Crippen LogP contribution in [-0.2, 0) is 4.79 Å². The highest BCUT2D eigenvalue weighted by atomic mass is 32.2. The summed E-state index contributed by atoms with van der Waals surface area (Å²) in [5, 5.41) is 6.76. The van der Waals surface area contributed by atoms with Crippen LogP contribution in [0.5, 0.6) is 0 Å². The van der Waals surface area contributed by atoms with Gasteiger partial charge in [-0.25, -0.2) is 0 Å². The second-order valence-corrected chi connectivity index (χ2v) is 7.72. The number of fused-ring (bicyclic) bond motifs is 1. The van der Waals surface area contributed by atoms with E-state index in [1.807, 2.05) is 0 Å². The van der Waals surface area contributed by atoms with Crippen LogP contribution in [0.15, 0.2) is 0 Å². The van der Waals surface area contributed by atoms with Crippen molar-refractivity contribution in [3.63, 3.8) is 0 Å². The molecule has 1 aliphatic carbocycles. The second kappa shape index (κ2) is 6.04. The van der Waals surface area contributed by atoms with Crippen LogP contribution in [-0.4, -0.2) is 37.0 Å². The van der Waals surface area contributed by atoms with Gasteiger partial charge in [0.15, 0.2) is 0 Å².